The maximum atomic E-state index is 9.75. The van der Waals surface area contributed by atoms with E-state index in [4.69, 9.17) is 0 Å². The van der Waals surface area contributed by atoms with Crippen molar-refractivity contribution in [1.82, 2.24) is 0 Å². The lowest BCUT2D eigenvalue weighted by atomic mass is 9.74. The average molecular weight is 162 g/mol. The van der Waals surface area contributed by atoms with Gasteiger partial charge in [0.1, 0.15) is 0 Å². The fraction of sp³-hybridized carbons (Fsp3) is 0.636. The van der Waals surface area contributed by atoms with Gasteiger partial charge in [-0.15, -0.1) is 0 Å². The SMILES string of the molecule is OC1=C2CC[C@@H]3C=C(CCC1)[C@H]23. The first-order valence-electron chi connectivity index (χ1n) is 4.98. The molecule has 0 amide bonds. The zero-order valence-corrected chi connectivity index (χ0v) is 7.21. The Balaban J connectivity index is 2.07. The molecule has 0 unspecified atom stereocenters. The molecule has 0 aromatic heterocycles. The third-order valence-electron chi connectivity index (χ3n) is 3.63. The Kier molecular flexibility index (Phi) is 1.21. The van der Waals surface area contributed by atoms with Gasteiger partial charge in [0, 0.05) is 12.3 Å². The maximum absolute atomic E-state index is 9.75. The summed E-state index contributed by atoms with van der Waals surface area (Å²) in [5.41, 5.74) is 3.01. The van der Waals surface area contributed by atoms with E-state index in [0.29, 0.717) is 5.92 Å². The van der Waals surface area contributed by atoms with Crippen LogP contribution in [0.1, 0.15) is 32.1 Å². The van der Waals surface area contributed by atoms with E-state index in [-0.39, 0.29) is 0 Å². The largest absolute Gasteiger partial charge is 0.512 e. The number of aliphatic hydroxyl groups excluding tert-OH is 1. The van der Waals surface area contributed by atoms with Crippen LogP contribution in [0.4, 0.5) is 0 Å². The monoisotopic (exact) mass is 162 g/mol. The van der Waals surface area contributed by atoms with Crippen LogP contribution >= 0.6 is 0 Å². The summed E-state index contributed by atoms with van der Waals surface area (Å²) < 4.78 is 0. The van der Waals surface area contributed by atoms with Crippen LogP contribution in [0.2, 0.25) is 0 Å². The van der Waals surface area contributed by atoms with E-state index >= 15 is 0 Å². The van der Waals surface area contributed by atoms with Crippen molar-refractivity contribution in [2.75, 3.05) is 0 Å². The van der Waals surface area contributed by atoms with Crippen molar-refractivity contribution in [3.8, 4) is 0 Å². The summed E-state index contributed by atoms with van der Waals surface area (Å²) in [4.78, 5) is 0. The van der Waals surface area contributed by atoms with Crippen molar-refractivity contribution in [3.63, 3.8) is 0 Å². The second-order valence-electron chi connectivity index (χ2n) is 4.25. The normalized spacial score (nSPS) is 38.5. The minimum absolute atomic E-state index is 0.687. The molecule has 3 rings (SSSR count). The van der Waals surface area contributed by atoms with Crippen LogP contribution in [0, 0.1) is 11.8 Å². The highest BCUT2D eigenvalue weighted by molar-refractivity contribution is 5.39. The Hall–Kier alpha value is -0.720. The van der Waals surface area contributed by atoms with Crippen LogP contribution in [0.3, 0.4) is 0 Å². The molecular formula is C11H14O. The summed E-state index contributed by atoms with van der Waals surface area (Å²) >= 11 is 0. The van der Waals surface area contributed by atoms with E-state index < -0.39 is 0 Å². The highest BCUT2D eigenvalue weighted by atomic mass is 16.3. The van der Waals surface area contributed by atoms with E-state index in [1.807, 2.05) is 0 Å². The Labute approximate surface area is 72.8 Å². The van der Waals surface area contributed by atoms with E-state index in [0.717, 1.165) is 30.9 Å². The molecule has 0 radical (unpaired) electrons. The molecule has 0 spiro atoms. The molecule has 1 nitrogen and oxygen atoms in total. The molecule has 0 aromatic rings. The minimum Gasteiger partial charge on any atom is -0.512 e. The first kappa shape index (κ1) is 6.76. The predicted molar refractivity (Wildman–Crippen MR) is 47.8 cm³/mol. The number of aliphatic hydroxyl groups is 1. The quantitative estimate of drug-likeness (QED) is 0.543. The molecular weight excluding hydrogens is 148 g/mol. The van der Waals surface area contributed by atoms with Gasteiger partial charge in [-0.25, -0.2) is 0 Å². The molecule has 3 aliphatic carbocycles. The Bertz CT molecular complexity index is 285. The molecule has 0 saturated heterocycles. The van der Waals surface area contributed by atoms with Crippen molar-refractivity contribution >= 4 is 0 Å². The minimum atomic E-state index is 0.687. The Morgan fingerprint density at radius 3 is 3.08 bits per heavy atom. The van der Waals surface area contributed by atoms with Crippen LogP contribution < -0.4 is 0 Å². The lowest BCUT2D eigenvalue weighted by Crippen LogP contribution is -2.20. The highest BCUT2D eigenvalue weighted by Gasteiger charge is 2.41. The molecule has 0 aromatic carbocycles. The van der Waals surface area contributed by atoms with Gasteiger partial charge in [0.15, 0.2) is 0 Å². The molecule has 1 fully saturated rings. The van der Waals surface area contributed by atoms with Crippen molar-refractivity contribution in [2.24, 2.45) is 11.8 Å². The lowest BCUT2D eigenvalue weighted by molar-refractivity contribution is 0.375. The molecule has 1 N–H and O–H groups in total. The maximum Gasteiger partial charge on any atom is 0.0920 e. The van der Waals surface area contributed by atoms with E-state index in [2.05, 4.69) is 6.08 Å². The zero-order chi connectivity index (χ0) is 8.13. The van der Waals surface area contributed by atoms with Crippen molar-refractivity contribution in [3.05, 3.63) is 23.0 Å². The van der Waals surface area contributed by atoms with Crippen LogP contribution in [0.25, 0.3) is 0 Å². The summed E-state index contributed by atoms with van der Waals surface area (Å²) in [6, 6.07) is 0. The fourth-order valence-corrected chi connectivity index (χ4v) is 3.02. The standard InChI is InChI=1S/C11H14O/c12-10-3-1-2-7-6-8-4-5-9(10)11(7)8/h6,8,11-12H,1-5H2/t8-,11+/m1/s1. The molecule has 64 valence electrons. The summed E-state index contributed by atoms with van der Waals surface area (Å²) in [5.74, 6) is 2.22. The van der Waals surface area contributed by atoms with Gasteiger partial charge in [0.05, 0.1) is 5.76 Å². The first-order valence-corrected chi connectivity index (χ1v) is 4.98. The van der Waals surface area contributed by atoms with Gasteiger partial charge in [-0.1, -0.05) is 11.6 Å². The molecule has 12 heavy (non-hydrogen) atoms. The van der Waals surface area contributed by atoms with Crippen LogP contribution in [0.15, 0.2) is 23.0 Å². The third kappa shape index (κ3) is 0.694. The van der Waals surface area contributed by atoms with Crippen LogP contribution in [-0.2, 0) is 0 Å². The summed E-state index contributed by atoms with van der Waals surface area (Å²) in [7, 11) is 0. The highest BCUT2D eigenvalue weighted by Crippen LogP contribution is 2.53. The van der Waals surface area contributed by atoms with Gasteiger partial charge in [-0.05, 0) is 37.2 Å². The van der Waals surface area contributed by atoms with Crippen molar-refractivity contribution in [2.45, 2.75) is 32.1 Å². The second-order valence-corrected chi connectivity index (χ2v) is 4.25. The number of allylic oxidation sites excluding steroid dienone is 4. The smallest absolute Gasteiger partial charge is 0.0920 e. The Morgan fingerprint density at radius 1 is 1.25 bits per heavy atom. The van der Waals surface area contributed by atoms with Gasteiger partial charge in [-0.3, -0.25) is 0 Å². The molecule has 1 heteroatoms. The Morgan fingerprint density at radius 2 is 2.17 bits per heavy atom. The topological polar surface area (TPSA) is 20.2 Å². The van der Waals surface area contributed by atoms with Gasteiger partial charge >= 0.3 is 0 Å². The molecule has 0 aliphatic heterocycles. The van der Waals surface area contributed by atoms with Gasteiger partial charge in [-0.2, -0.15) is 0 Å². The number of hydrogen-bond donors (Lipinski definition) is 1. The summed E-state index contributed by atoms with van der Waals surface area (Å²) in [6.45, 7) is 0. The van der Waals surface area contributed by atoms with Crippen molar-refractivity contribution < 1.29 is 5.11 Å². The zero-order valence-electron chi connectivity index (χ0n) is 7.21. The molecule has 2 atom stereocenters. The average Bonchev–Trinajstić information content (AvgIpc) is 2.31. The van der Waals surface area contributed by atoms with Crippen LogP contribution in [0.5, 0.6) is 0 Å². The molecule has 0 heterocycles. The van der Waals surface area contributed by atoms with Crippen molar-refractivity contribution in [1.29, 1.82) is 0 Å². The number of hydrogen-bond acceptors (Lipinski definition) is 1. The second kappa shape index (κ2) is 2.15. The van der Waals surface area contributed by atoms with Crippen LogP contribution in [-0.4, -0.2) is 5.11 Å². The van der Waals surface area contributed by atoms with E-state index in [1.54, 1.807) is 5.57 Å². The van der Waals surface area contributed by atoms with Gasteiger partial charge in [0.25, 0.3) is 0 Å². The third-order valence-corrected chi connectivity index (χ3v) is 3.63. The van der Waals surface area contributed by atoms with Gasteiger partial charge in [0.2, 0.25) is 0 Å². The van der Waals surface area contributed by atoms with E-state index in [1.165, 1.54) is 18.4 Å². The molecule has 1 saturated carbocycles. The lowest BCUT2D eigenvalue weighted by Gasteiger charge is -2.30. The molecule has 0 bridgehead atoms. The van der Waals surface area contributed by atoms with E-state index in [9.17, 15) is 5.11 Å². The first-order chi connectivity index (χ1) is 5.86. The summed E-state index contributed by atoms with van der Waals surface area (Å²) in [6.07, 6.45) is 8.19. The molecule has 3 aliphatic rings. The van der Waals surface area contributed by atoms with Gasteiger partial charge < -0.3 is 5.11 Å². The number of rotatable bonds is 0. The fourth-order valence-electron chi connectivity index (χ4n) is 3.02. The predicted octanol–water partition coefficient (Wildman–Crippen LogP) is 2.95. The summed E-state index contributed by atoms with van der Waals surface area (Å²) in [5, 5.41) is 9.75.